The number of carbonyl (C=O) groups excluding carboxylic acids is 2. The number of aromatic hydroxyl groups is 2. The lowest BCUT2D eigenvalue weighted by Crippen LogP contribution is -2.52. The van der Waals surface area contributed by atoms with E-state index < -0.39 is 0 Å². The highest BCUT2D eigenvalue weighted by molar-refractivity contribution is 5.74. The van der Waals surface area contributed by atoms with Crippen LogP contribution in [0.5, 0.6) is 23.0 Å². The maximum atomic E-state index is 13.0. The van der Waals surface area contributed by atoms with Crippen molar-refractivity contribution in [3.05, 3.63) is 115 Å². The highest BCUT2D eigenvalue weighted by Crippen LogP contribution is 2.44. The topological polar surface area (TPSA) is 193 Å². The quantitative estimate of drug-likeness (QED) is 0.0566. The second-order valence-electron chi connectivity index (χ2n) is 26.6. The van der Waals surface area contributed by atoms with Gasteiger partial charge in [-0.1, -0.05) is 157 Å². The summed E-state index contributed by atoms with van der Waals surface area (Å²) < 4.78 is 13.9. The number of ether oxygens (including phenoxy) is 2. The molecule has 0 unspecified atom stereocenters. The molecule has 12 heteroatoms. The van der Waals surface area contributed by atoms with Gasteiger partial charge in [-0.2, -0.15) is 0 Å². The SMILES string of the molecule is CC(C)(C)c1cc2c(O)c(c1)Cc1cc(C(C)(C)C)cc(c1OCCCNC(=O)N[C@@H]1CCCC[C@H]1N)Cc1cc(C(C)(C)C)cc(c1O)Cc1cc(C(C)(C)C)cc(c1OCCCNC(=O)N[C@@H]1CCCC[C@H]1N)C2. The maximum absolute atomic E-state index is 13.0. The molecule has 12 nitrogen and oxygen atoms in total. The largest absolute Gasteiger partial charge is 0.507 e. The molecule has 4 aromatic rings. The van der Waals surface area contributed by atoms with Crippen LogP contribution in [0.3, 0.4) is 0 Å². The summed E-state index contributed by atoms with van der Waals surface area (Å²) in [6.07, 6.45) is 10.6. The number of carbonyl (C=O) groups is 2. The molecular formula is C64H94N6O6. The molecule has 8 bridgehead atoms. The fraction of sp³-hybridized carbons (Fsp3) is 0.594. The van der Waals surface area contributed by atoms with Crippen LogP contribution in [-0.2, 0) is 47.3 Å². The van der Waals surface area contributed by atoms with Crippen LogP contribution >= 0.6 is 0 Å². The third kappa shape index (κ3) is 15.0. The fourth-order valence-electron chi connectivity index (χ4n) is 11.0. The van der Waals surface area contributed by atoms with E-state index in [-0.39, 0.29) is 69.4 Å². The summed E-state index contributed by atoms with van der Waals surface area (Å²) in [6, 6.07) is 17.0. The number of hydrogen-bond donors (Lipinski definition) is 8. The Kier molecular flexibility index (Phi) is 18.4. The first kappa shape index (κ1) is 58.2. The summed E-state index contributed by atoms with van der Waals surface area (Å²) in [4.78, 5) is 26.0. The van der Waals surface area contributed by atoms with Crippen molar-refractivity contribution in [3.63, 3.8) is 0 Å². The Hall–Kier alpha value is -5.46. The number of urea groups is 2. The smallest absolute Gasteiger partial charge is 0.315 e. The van der Waals surface area contributed by atoms with Crippen LogP contribution in [-0.4, -0.2) is 72.7 Å². The number of nitrogens with one attached hydrogen (secondary N) is 4. The van der Waals surface area contributed by atoms with E-state index in [1.807, 2.05) is 0 Å². The number of fused-ring (bicyclic) bond motifs is 8. The van der Waals surface area contributed by atoms with Crippen LogP contribution < -0.4 is 42.2 Å². The Bertz CT molecular complexity index is 2410. The van der Waals surface area contributed by atoms with Crippen molar-refractivity contribution in [2.45, 2.75) is 219 Å². The number of nitrogens with two attached hydrogens (primary N) is 2. The number of hydrogen-bond acceptors (Lipinski definition) is 8. The van der Waals surface area contributed by atoms with Crippen LogP contribution in [0.4, 0.5) is 9.59 Å². The van der Waals surface area contributed by atoms with Gasteiger partial charge in [0.25, 0.3) is 0 Å². The molecule has 0 saturated heterocycles. The Balaban J connectivity index is 1.32. The lowest BCUT2D eigenvalue weighted by Gasteiger charge is -2.29. The molecule has 4 aromatic carbocycles. The minimum Gasteiger partial charge on any atom is -0.507 e. The second-order valence-corrected chi connectivity index (χ2v) is 26.6. The summed E-state index contributed by atoms with van der Waals surface area (Å²) in [6.45, 7) is 28.0. The number of rotatable bonds is 12. The van der Waals surface area contributed by atoms with Gasteiger partial charge >= 0.3 is 12.1 Å². The van der Waals surface area contributed by atoms with Gasteiger partial charge in [0.05, 0.1) is 13.2 Å². The molecule has 4 amide bonds. The van der Waals surface area contributed by atoms with Gasteiger partial charge < -0.3 is 52.4 Å². The van der Waals surface area contributed by atoms with E-state index in [0.29, 0.717) is 64.8 Å². The highest BCUT2D eigenvalue weighted by Gasteiger charge is 2.30. The Morgan fingerprint density at radius 1 is 0.461 bits per heavy atom. The van der Waals surface area contributed by atoms with Crippen molar-refractivity contribution in [1.82, 2.24) is 21.3 Å². The van der Waals surface area contributed by atoms with E-state index >= 15 is 0 Å². The molecule has 3 aliphatic rings. The zero-order valence-corrected chi connectivity index (χ0v) is 48.3. The molecule has 4 atom stereocenters. The van der Waals surface area contributed by atoms with Crippen molar-refractivity contribution < 1.29 is 29.3 Å². The normalized spacial score (nSPS) is 19.3. The van der Waals surface area contributed by atoms with Gasteiger partial charge in [0.15, 0.2) is 0 Å². The predicted molar refractivity (Wildman–Crippen MR) is 309 cm³/mol. The number of phenols is 2. The number of benzene rings is 4. The first-order valence-electron chi connectivity index (χ1n) is 28.5. The Morgan fingerprint density at radius 3 is 0.987 bits per heavy atom. The van der Waals surface area contributed by atoms with Gasteiger partial charge in [-0.05, 0) is 127 Å². The van der Waals surface area contributed by atoms with Crippen molar-refractivity contribution >= 4 is 12.1 Å². The minimum absolute atomic E-state index is 0.0278. The predicted octanol–water partition coefficient (Wildman–Crippen LogP) is 11.6. The van der Waals surface area contributed by atoms with E-state index in [1.54, 1.807) is 0 Å². The summed E-state index contributed by atoms with van der Waals surface area (Å²) in [7, 11) is 0. The van der Waals surface area contributed by atoms with Crippen LogP contribution in [0.1, 0.15) is 214 Å². The van der Waals surface area contributed by atoms with Crippen molar-refractivity contribution in [1.29, 1.82) is 0 Å². The number of phenolic OH excluding ortho intramolecular Hbond substituents is 2. The molecule has 7 rings (SSSR count). The van der Waals surface area contributed by atoms with Gasteiger partial charge in [-0.15, -0.1) is 0 Å². The fourth-order valence-corrected chi connectivity index (χ4v) is 11.0. The molecule has 2 saturated carbocycles. The van der Waals surface area contributed by atoms with Crippen LogP contribution in [0, 0.1) is 0 Å². The summed E-state index contributed by atoms with van der Waals surface area (Å²) >= 11 is 0. The summed E-state index contributed by atoms with van der Waals surface area (Å²) in [5.74, 6) is 1.92. The Morgan fingerprint density at radius 2 is 0.724 bits per heavy atom. The average molecular weight is 1040 g/mol. The van der Waals surface area contributed by atoms with Crippen LogP contribution in [0.25, 0.3) is 0 Å². The zero-order chi connectivity index (χ0) is 55.3. The number of amides is 4. The molecule has 0 heterocycles. The Labute approximate surface area is 455 Å². The molecule has 416 valence electrons. The monoisotopic (exact) mass is 1040 g/mol. The summed E-state index contributed by atoms with van der Waals surface area (Å²) in [5.41, 5.74) is 23.1. The average Bonchev–Trinajstić information content (AvgIpc) is 3.32. The molecule has 3 aliphatic carbocycles. The molecule has 0 aliphatic heterocycles. The third-order valence-corrected chi connectivity index (χ3v) is 16.0. The lowest BCUT2D eigenvalue weighted by molar-refractivity contribution is 0.226. The lowest BCUT2D eigenvalue weighted by atomic mass is 9.79. The van der Waals surface area contributed by atoms with Gasteiger partial charge in [-0.3, -0.25) is 0 Å². The van der Waals surface area contributed by atoms with E-state index in [9.17, 15) is 19.8 Å². The van der Waals surface area contributed by atoms with E-state index in [0.717, 1.165) is 130 Å². The van der Waals surface area contributed by atoms with Gasteiger partial charge in [0, 0.05) is 62.9 Å². The highest BCUT2D eigenvalue weighted by atomic mass is 16.5. The zero-order valence-electron chi connectivity index (χ0n) is 48.3. The first-order chi connectivity index (χ1) is 35.6. The molecule has 0 spiro atoms. The van der Waals surface area contributed by atoms with Crippen molar-refractivity contribution in [2.24, 2.45) is 11.5 Å². The molecule has 2 fully saturated rings. The van der Waals surface area contributed by atoms with Crippen LogP contribution in [0.2, 0.25) is 0 Å². The summed E-state index contributed by atoms with van der Waals surface area (Å²) in [5, 5.41) is 37.7. The van der Waals surface area contributed by atoms with Crippen molar-refractivity contribution in [2.75, 3.05) is 26.3 Å². The van der Waals surface area contributed by atoms with E-state index in [1.165, 1.54) is 0 Å². The van der Waals surface area contributed by atoms with Gasteiger partial charge in [-0.25, -0.2) is 9.59 Å². The van der Waals surface area contributed by atoms with Gasteiger partial charge in [0.2, 0.25) is 0 Å². The molecule has 0 aromatic heterocycles. The molecule has 76 heavy (non-hydrogen) atoms. The van der Waals surface area contributed by atoms with E-state index in [4.69, 9.17) is 20.9 Å². The molecular weight excluding hydrogens is 949 g/mol. The third-order valence-electron chi connectivity index (χ3n) is 16.0. The first-order valence-corrected chi connectivity index (χ1v) is 28.5. The van der Waals surface area contributed by atoms with E-state index in [2.05, 4.69) is 153 Å². The maximum Gasteiger partial charge on any atom is 0.315 e. The minimum atomic E-state index is -0.249. The molecule has 0 radical (unpaired) electrons. The standard InChI is InChI=1S/C64H94N6O6/c1-61(2,3)47-31-39-27-43-35-49(63(7,8)9)37-45(57(43)75-25-17-23-67-59(73)69-53-21-15-13-19-51(53)65)29-41-33-48(62(4,5)6)34-42(56(41)72)30-46-38-50(64(10,11)12)36-44(28-40(32-47)55(39)71)58(46)76-26-18-24-68-60(74)70-54-22-16-14-20-52(54)66/h31-38,51-54,71-72H,13-30,65-66H2,1-12H3,(H2,67,69,73)(H2,68,70,74)/t51-,52-,53-,54-/m1/s1. The molecule has 10 N–H and O–H groups in total. The second kappa shape index (κ2) is 24.1. The van der Waals surface area contributed by atoms with Crippen LogP contribution in [0.15, 0.2) is 48.5 Å². The van der Waals surface area contributed by atoms with Gasteiger partial charge in [0.1, 0.15) is 23.0 Å². The van der Waals surface area contributed by atoms with Crippen molar-refractivity contribution in [3.8, 4) is 23.0 Å².